The van der Waals surface area contributed by atoms with Gasteiger partial charge in [-0.05, 0) is 62.6 Å². The highest BCUT2D eigenvalue weighted by Gasteiger charge is 2.29. The summed E-state index contributed by atoms with van der Waals surface area (Å²) in [5.74, 6) is 1.11. The van der Waals surface area contributed by atoms with Crippen LogP contribution in [0.1, 0.15) is 67.2 Å². The molecule has 6 nitrogen and oxygen atoms in total. The van der Waals surface area contributed by atoms with E-state index in [0.717, 1.165) is 69.4 Å². The van der Waals surface area contributed by atoms with Crippen LogP contribution in [0.2, 0.25) is 0 Å². The molecule has 0 saturated heterocycles. The van der Waals surface area contributed by atoms with Gasteiger partial charge >= 0.3 is 6.18 Å². The Kier molecular flexibility index (Phi) is 9.05. The second-order valence-electron chi connectivity index (χ2n) is 10.3. The Bertz CT molecular complexity index is 1120. The Morgan fingerprint density at radius 1 is 1.05 bits per heavy atom. The normalized spacial score (nSPS) is 20.8. The molecule has 0 N–H and O–H groups in total. The van der Waals surface area contributed by atoms with Crippen molar-refractivity contribution in [3.8, 4) is 5.88 Å². The number of carbonyl (C=O) groups is 1. The van der Waals surface area contributed by atoms with E-state index in [9.17, 15) is 22.8 Å². The third-order valence-corrected chi connectivity index (χ3v) is 7.73. The van der Waals surface area contributed by atoms with Crippen LogP contribution in [0.4, 0.5) is 13.2 Å². The number of pyridine rings is 2. The van der Waals surface area contributed by atoms with Crippen LogP contribution >= 0.6 is 0 Å². The van der Waals surface area contributed by atoms with Crippen molar-refractivity contribution >= 4 is 5.78 Å². The van der Waals surface area contributed by atoms with E-state index in [2.05, 4.69) is 9.88 Å². The van der Waals surface area contributed by atoms with E-state index < -0.39 is 12.8 Å². The summed E-state index contributed by atoms with van der Waals surface area (Å²) in [6.45, 7) is 3.80. The first-order valence-electron chi connectivity index (χ1n) is 13.4. The summed E-state index contributed by atoms with van der Waals surface area (Å²) in [5, 5.41) is 0. The fourth-order valence-electron chi connectivity index (χ4n) is 5.61. The molecule has 0 aromatic carbocycles. The highest BCUT2D eigenvalue weighted by Crippen LogP contribution is 2.33. The Hall–Kier alpha value is -2.68. The van der Waals surface area contributed by atoms with Crippen LogP contribution in [0.25, 0.3) is 0 Å². The molecule has 0 amide bonds. The summed E-state index contributed by atoms with van der Waals surface area (Å²) in [4.78, 5) is 31.6. The average molecular weight is 520 g/mol. The number of fused-ring (bicyclic) bond motifs is 1. The number of alkyl halides is 3. The van der Waals surface area contributed by atoms with Crippen LogP contribution in [0.3, 0.4) is 0 Å². The molecule has 0 spiro atoms. The van der Waals surface area contributed by atoms with Crippen molar-refractivity contribution in [2.45, 2.75) is 71.0 Å². The van der Waals surface area contributed by atoms with Crippen LogP contribution in [-0.4, -0.2) is 52.7 Å². The number of ether oxygens (including phenoxy) is 1. The van der Waals surface area contributed by atoms with Gasteiger partial charge in [0.25, 0.3) is 5.56 Å². The first-order chi connectivity index (χ1) is 17.7. The first kappa shape index (κ1) is 27.4. The van der Waals surface area contributed by atoms with Crippen molar-refractivity contribution in [2.24, 2.45) is 11.8 Å². The van der Waals surface area contributed by atoms with Gasteiger partial charge in [-0.3, -0.25) is 9.59 Å². The molecule has 1 aliphatic heterocycles. The van der Waals surface area contributed by atoms with Crippen molar-refractivity contribution in [2.75, 3.05) is 26.2 Å². The van der Waals surface area contributed by atoms with Crippen molar-refractivity contribution < 1.29 is 22.7 Å². The van der Waals surface area contributed by atoms with Crippen molar-refractivity contribution in [3.05, 3.63) is 57.6 Å². The highest BCUT2D eigenvalue weighted by molar-refractivity contribution is 5.94. The number of aromatic nitrogens is 2. The molecule has 37 heavy (non-hydrogen) atoms. The van der Waals surface area contributed by atoms with Gasteiger partial charge in [-0.25, -0.2) is 4.98 Å². The van der Waals surface area contributed by atoms with E-state index in [-0.39, 0.29) is 17.2 Å². The van der Waals surface area contributed by atoms with Crippen LogP contribution in [0, 0.1) is 11.8 Å². The predicted octanol–water partition coefficient (Wildman–Crippen LogP) is 5.07. The fourth-order valence-corrected chi connectivity index (χ4v) is 5.61. The second-order valence-corrected chi connectivity index (χ2v) is 10.3. The lowest BCUT2D eigenvalue weighted by atomic mass is 9.78. The minimum atomic E-state index is -4.37. The monoisotopic (exact) mass is 519 g/mol. The molecule has 1 fully saturated rings. The Morgan fingerprint density at radius 2 is 1.78 bits per heavy atom. The van der Waals surface area contributed by atoms with Crippen molar-refractivity contribution in [1.29, 1.82) is 0 Å². The molecule has 2 aromatic rings. The van der Waals surface area contributed by atoms with E-state index >= 15 is 0 Å². The molecule has 0 bridgehead atoms. The standard InChI is InChI=1S/C28H36F3N3O3/c1-2-34-24(4-3-5-27(34)36)25(35)18-21-8-6-20(7-9-21)12-15-33-16-13-22-10-11-26(32-23(22)14-17-33)37-19-28(29,30)31/h3-5,10-11,20-21H,2,6-9,12-19H2,1H3. The van der Waals surface area contributed by atoms with Crippen molar-refractivity contribution in [3.63, 3.8) is 0 Å². The van der Waals surface area contributed by atoms with E-state index in [1.165, 1.54) is 12.1 Å². The molecule has 0 unspecified atom stereocenters. The molecular weight excluding hydrogens is 483 g/mol. The molecule has 4 rings (SSSR count). The minimum Gasteiger partial charge on any atom is -0.468 e. The predicted molar refractivity (Wildman–Crippen MR) is 135 cm³/mol. The summed E-state index contributed by atoms with van der Waals surface area (Å²) in [6, 6.07) is 8.29. The lowest BCUT2D eigenvalue weighted by molar-refractivity contribution is -0.154. The largest absolute Gasteiger partial charge is 0.468 e. The van der Waals surface area contributed by atoms with Crippen LogP contribution in [0.15, 0.2) is 35.1 Å². The Morgan fingerprint density at radius 3 is 2.51 bits per heavy atom. The summed E-state index contributed by atoms with van der Waals surface area (Å²) in [7, 11) is 0. The summed E-state index contributed by atoms with van der Waals surface area (Å²) in [6.07, 6.45) is 3.08. The smallest absolute Gasteiger partial charge is 0.422 e. The highest BCUT2D eigenvalue weighted by atomic mass is 19.4. The number of Topliss-reactive ketones (excluding diaryl/α,β-unsaturated/α-hetero) is 1. The van der Waals surface area contributed by atoms with Crippen LogP contribution < -0.4 is 10.3 Å². The zero-order valence-electron chi connectivity index (χ0n) is 21.4. The molecule has 2 aliphatic rings. The molecule has 0 radical (unpaired) electrons. The molecule has 0 atom stereocenters. The quantitative estimate of drug-likeness (QED) is 0.433. The van der Waals surface area contributed by atoms with Gasteiger partial charge in [0.2, 0.25) is 5.88 Å². The second kappa shape index (κ2) is 12.2. The third kappa shape index (κ3) is 7.66. The summed E-state index contributed by atoms with van der Waals surface area (Å²) < 4.78 is 43.7. The van der Waals surface area contributed by atoms with Gasteiger partial charge in [-0.15, -0.1) is 0 Å². The Balaban J connectivity index is 1.20. The fraction of sp³-hybridized carbons (Fsp3) is 0.607. The first-order valence-corrected chi connectivity index (χ1v) is 13.4. The number of halogens is 3. The molecule has 3 heterocycles. The summed E-state index contributed by atoms with van der Waals surface area (Å²) in [5.41, 5.74) is 2.31. The maximum Gasteiger partial charge on any atom is 0.422 e. The molecule has 9 heteroatoms. The minimum absolute atomic E-state index is 0.0324. The lowest BCUT2D eigenvalue weighted by Gasteiger charge is -2.30. The third-order valence-electron chi connectivity index (χ3n) is 7.73. The number of ketones is 1. The average Bonchev–Trinajstić information content (AvgIpc) is 3.08. The van der Waals surface area contributed by atoms with Crippen molar-refractivity contribution in [1.82, 2.24) is 14.5 Å². The van der Waals surface area contributed by atoms with Gasteiger partial charge in [0.05, 0.1) is 5.69 Å². The molecular formula is C28H36F3N3O3. The maximum atomic E-state index is 12.9. The van der Waals surface area contributed by atoms with E-state index in [1.807, 2.05) is 13.0 Å². The number of nitrogens with zero attached hydrogens (tertiary/aromatic N) is 3. The summed E-state index contributed by atoms with van der Waals surface area (Å²) >= 11 is 0. The van der Waals surface area contributed by atoms with E-state index in [0.29, 0.717) is 36.9 Å². The number of carbonyl (C=O) groups excluding carboxylic acids is 1. The molecule has 1 aliphatic carbocycles. The van der Waals surface area contributed by atoms with Gasteiger partial charge in [0, 0.05) is 50.3 Å². The molecule has 2 aromatic heterocycles. The number of hydrogen-bond acceptors (Lipinski definition) is 5. The van der Waals surface area contributed by atoms with E-state index in [1.54, 1.807) is 16.7 Å². The lowest BCUT2D eigenvalue weighted by Crippen LogP contribution is -2.30. The zero-order valence-corrected chi connectivity index (χ0v) is 21.4. The van der Waals surface area contributed by atoms with Gasteiger partial charge in [-0.1, -0.05) is 25.0 Å². The molecule has 202 valence electrons. The maximum absolute atomic E-state index is 12.9. The number of rotatable bonds is 9. The topological polar surface area (TPSA) is 64.4 Å². The number of hydrogen-bond donors (Lipinski definition) is 0. The molecule has 1 saturated carbocycles. The van der Waals surface area contributed by atoms with Gasteiger partial charge in [0.15, 0.2) is 12.4 Å². The van der Waals surface area contributed by atoms with Gasteiger partial charge < -0.3 is 14.2 Å². The van der Waals surface area contributed by atoms with Crippen LogP contribution in [0.5, 0.6) is 5.88 Å². The van der Waals surface area contributed by atoms with E-state index in [4.69, 9.17) is 4.74 Å². The Labute approximate surface area is 215 Å². The van der Waals surface area contributed by atoms with Gasteiger partial charge in [-0.2, -0.15) is 13.2 Å². The zero-order chi connectivity index (χ0) is 26.4. The van der Waals surface area contributed by atoms with Gasteiger partial charge in [0.1, 0.15) is 0 Å². The SMILES string of the molecule is CCn1c(C(=O)CC2CCC(CCN3CCc4ccc(OCC(F)(F)F)nc4CC3)CC2)cccc1=O. The van der Waals surface area contributed by atoms with Crippen LogP contribution in [-0.2, 0) is 19.4 Å².